The van der Waals surface area contributed by atoms with Crippen LogP contribution >= 0.6 is 0 Å². The average molecular weight is 362 g/mol. The van der Waals surface area contributed by atoms with Gasteiger partial charge in [-0.25, -0.2) is 0 Å². The zero-order chi connectivity index (χ0) is 18.7. The van der Waals surface area contributed by atoms with Crippen molar-refractivity contribution in [1.29, 1.82) is 0 Å². The minimum atomic E-state index is -1.55. The molecule has 7 nitrogen and oxygen atoms in total. The van der Waals surface area contributed by atoms with Crippen LogP contribution in [0.25, 0.3) is 0 Å². The van der Waals surface area contributed by atoms with E-state index < -0.39 is 17.2 Å². The summed E-state index contributed by atoms with van der Waals surface area (Å²) >= 11 is 0. The maximum absolute atomic E-state index is 11.9. The molecule has 148 valence electrons. The molecule has 0 spiro atoms. The van der Waals surface area contributed by atoms with E-state index in [1.165, 1.54) is 0 Å². The maximum Gasteiger partial charge on any atom is 0.202 e. The highest BCUT2D eigenvalue weighted by Gasteiger charge is 2.68. The van der Waals surface area contributed by atoms with Crippen LogP contribution in [0.3, 0.4) is 0 Å². The van der Waals surface area contributed by atoms with Gasteiger partial charge in [0.15, 0.2) is 5.60 Å². The van der Waals surface area contributed by atoms with Crippen LogP contribution < -0.4 is 0 Å². The van der Waals surface area contributed by atoms with Gasteiger partial charge in [-0.15, -0.1) is 0 Å². The van der Waals surface area contributed by atoms with Crippen molar-refractivity contribution in [3.63, 3.8) is 0 Å². The highest BCUT2D eigenvalue weighted by atomic mass is 16.8. The topological polar surface area (TPSA) is 97.6 Å². The fourth-order valence-electron chi connectivity index (χ4n) is 3.96. The number of rotatable bonds is 7. The van der Waals surface area contributed by atoms with Crippen molar-refractivity contribution >= 4 is 0 Å². The van der Waals surface area contributed by atoms with Crippen LogP contribution in [0.15, 0.2) is 0 Å². The smallest absolute Gasteiger partial charge is 0.202 e. The molecule has 2 aliphatic heterocycles. The summed E-state index contributed by atoms with van der Waals surface area (Å²) in [5.41, 5.74) is -1.55. The van der Waals surface area contributed by atoms with Gasteiger partial charge in [0.1, 0.15) is 0 Å². The van der Waals surface area contributed by atoms with Crippen LogP contribution in [0.4, 0.5) is 0 Å². The van der Waals surface area contributed by atoms with Gasteiger partial charge in [0.2, 0.25) is 11.6 Å². The molecule has 0 saturated carbocycles. The molecule has 0 bridgehead atoms. The summed E-state index contributed by atoms with van der Waals surface area (Å²) in [5, 5.41) is 30.6. The maximum atomic E-state index is 11.9. The third kappa shape index (κ3) is 3.36. The van der Waals surface area contributed by atoms with E-state index in [-0.39, 0.29) is 31.0 Å². The van der Waals surface area contributed by atoms with E-state index in [0.717, 1.165) is 0 Å². The third-order valence-corrected chi connectivity index (χ3v) is 5.65. The fourth-order valence-corrected chi connectivity index (χ4v) is 3.96. The van der Waals surface area contributed by atoms with Crippen LogP contribution in [0.1, 0.15) is 40.5 Å². The summed E-state index contributed by atoms with van der Waals surface area (Å²) in [4.78, 5) is 0. The van der Waals surface area contributed by atoms with Crippen molar-refractivity contribution in [3.8, 4) is 0 Å². The van der Waals surface area contributed by atoms with Crippen molar-refractivity contribution in [1.82, 2.24) is 0 Å². The van der Waals surface area contributed by atoms with E-state index in [4.69, 9.17) is 18.9 Å². The monoisotopic (exact) mass is 362 g/mol. The molecule has 0 atom stereocenters. The molecule has 25 heavy (non-hydrogen) atoms. The Hall–Kier alpha value is -0.280. The first-order chi connectivity index (χ1) is 11.8. The van der Waals surface area contributed by atoms with Crippen molar-refractivity contribution in [2.75, 3.05) is 39.6 Å². The van der Waals surface area contributed by atoms with Crippen molar-refractivity contribution in [2.24, 2.45) is 17.8 Å². The second kappa shape index (κ2) is 8.17. The molecule has 2 saturated heterocycles. The van der Waals surface area contributed by atoms with E-state index >= 15 is 0 Å². The van der Waals surface area contributed by atoms with Gasteiger partial charge in [-0.2, -0.15) is 0 Å². The van der Waals surface area contributed by atoms with Crippen LogP contribution in [0.2, 0.25) is 0 Å². The highest BCUT2D eigenvalue weighted by molar-refractivity contribution is 5.08. The SMILES string of the molecule is CCC1(C(O)(C(C)C)C2(CC)OCC(CO)CO2)OCC(CO)CO1. The Bertz CT molecular complexity index is 378. The van der Waals surface area contributed by atoms with Gasteiger partial charge in [0.05, 0.1) is 39.6 Å². The Morgan fingerprint density at radius 3 is 1.36 bits per heavy atom. The summed E-state index contributed by atoms with van der Waals surface area (Å²) in [5.74, 6) is -3.06. The van der Waals surface area contributed by atoms with Gasteiger partial charge in [0, 0.05) is 24.7 Å². The minimum absolute atomic E-state index is 0.0238. The van der Waals surface area contributed by atoms with Gasteiger partial charge in [-0.3, -0.25) is 0 Å². The van der Waals surface area contributed by atoms with E-state index in [0.29, 0.717) is 39.3 Å². The molecule has 0 aromatic carbocycles. The molecule has 0 aromatic heterocycles. The molecule has 2 fully saturated rings. The lowest BCUT2D eigenvalue weighted by molar-refractivity contribution is -0.454. The zero-order valence-electron chi connectivity index (χ0n) is 15.9. The molecule has 0 amide bonds. The lowest BCUT2D eigenvalue weighted by Gasteiger charge is -2.59. The van der Waals surface area contributed by atoms with E-state index in [1.54, 1.807) is 0 Å². The van der Waals surface area contributed by atoms with Gasteiger partial charge >= 0.3 is 0 Å². The van der Waals surface area contributed by atoms with Crippen LogP contribution in [0, 0.1) is 17.8 Å². The first-order valence-corrected chi connectivity index (χ1v) is 9.34. The molecule has 0 aromatic rings. The Balaban J connectivity index is 2.38. The molecule has 2 aliphatic rings. The Morgan fingerprint density at radius 2 is 1.16 bits per heavy atom. The Labute approximate surface area is 150 Å². The van der Waals surface area contributed by atoms with Gasteiger partial charge in [-0.1, -0.05) is 27.7 Å². The summed E-state index contributed by atoms with van der Waals surface area (Å²) in [7, 11) is 0. The molecular weight excluding hydrogens is 328 g/mol. The van der Waals surface area contributed by atoms with Crippen molar-refractivity contribution < 1.29 is 34.3 Å². The van der Waals surface area contributed by atoms with Crippen molar-refractivity contribution in [3.05, 3.63) is 0 Å². The van der Waals surface area contributed by atoms with Gasteiger partial charge < -0.3 is 34.3 Å². The summed E-state index contributed by atoms with van der Waals surface area (Å²) < 4.78 is 24.1. The first kappa shape index (κ1) is 21.0. The zero-order valence-corrected chi connectivity index (χ0v) is 15.9. The normalized spacial score (nSPS) is 39.4. The Kier molecular flexibility index (Phi) is 6.87. The Morgan fingerprint density at radius 1 is 0.840 bits per heavy atom. The molecule has 7 heteroatoms. The summed E-state index contributed by atoms with van der Waals surface area (Å²) in [6.07, 6.45) is 0.829. The number of ether oxygens (including phenoxy) is 4. The highest BCUT2D eigenvalue weighted by Crippen LogP contribution is 2.50. The second-order valence-corrected chi connectivity index (χ2v) is 7.48. The standard InChI is InChI=1S/C18H34O7/c1-5-16(22-9-14(7-19)10-23-16)18(21,13(3)4)17(6-2)24-11-15(8-20)12-25-17/h13-15,19-21H,5-12H2,1-4H3. The largest absolute Gasteiger partial charge is 0.396 e. The van der Waals surface area contributed by atoms with E-state index in [9.17, 15) is 15.3 Å². The van der Waals surface area contributed by atoms with Gasteiger partial charge in [0.25, 0.3) is 0 Å². The third-order valence-electron chi connectivity index (χ3n) is 5.65. The number of hydrogen-bond donors (Lipinski definition) is 3. The van der Waals surface area contributed by atoms with E-state index in [2.05, 4.69) is 0 Å². The molecule has 3 N–H and O–H groups in total. The quantitative estimate of drug-likeness (QED) is 0.619. The van der Waals surface area contributed by atoms with Crippen molar-refractivity contribution in [2.45, 2.75) is 57.7 Å². The molecular formula is C18H34O7. The van der Waals surface area contributed by atoms with E-state index in [1.807, 2.05) is 27.7 Å². The lowest BCUT2D eigenvalue weighted by Crippen LogP contribution is -2.75. The predicted octanol–water partition coefficient (Wildman–Crippen LogP) is 0.897. The lowest BCUT2D eigenvalue weighted by atomic mass is 9.72. The fraction of sp³-hybridized carbons (Fsp3) is 1.00. The van der Waals surface area contributed by atoms with Crippen LogP contribution in [-0.4, -0.2) is 72.1 Å². The molecule has 0 radical (unpaired) electrons. The second-order valence-electron chi connectivity index (χ2n) is 7.48. The average Bonchev–Trinajstić information content (AvgIpc) is 2.67. The summed E-state index contributed by atoms with van der Waals surface area (Å²) in [6.45, 7) is 8.75. The predicted molar refractivity (Wildman–Crippen MR) is 90.8 cm³/mol. The molecule has 0 unspecified atom stereocenters. The van der Waals surface area contributed by atoms with Gasteiger partial charge in [-0.05, 0) is 5.92 Å². The number of hydrogen-bond acceptors (Lipinski definition) is 7. The number of aliphatic hydroxyl groups excluding tert-OH is 2. The summed E-state index contributed by atoms with van der Waals surface area (Å²) in [6, 6.07) is 0. The van der Waals surface area contributed by atoms with Crippen LogP contribution in [-0.2, 0) is 18.9 Å². The molecule has 2 heterocycles. The number of aliphatic hydroxyl groups is 3. The van der Waals surface area contributed by atoms with Crippen LogP contribution in [0.5, 0.6) is 0 Å². The molecule has 0 aliphatic carbocycles. The molecule has 2 rings (SSSR count). The minimum Gasteiger partial charge on any atom is -0.396 e. The first-order valence-electron chi connectivity index (χ1n) is 9.34.